The maximum Gasteiger partial charge on any atom is 0.275 e. The van der Waals surface area contributed by atoms with E-state index in [-0.39, 0.29) is 38.0 Å². The number of hydrogen-bond acceptors (Lipinski definition) is 4. The maximum atomic E-state index is 13.3. The summed E-state index contributed by atoms with van der Waals surface area (Å²) in [6.07, 6.45) is 0. The molecule has 1 amide bonds. The van der Waals surface area contributed by atoms with Crippen molar-refractivity contribution in [3.05, 3.63) is 81.6 Å². The summed E-state index contributed by atoms with van der Waals surface area (Å²) in [5, 5.41) is 2.82. The van der Waals surface area contributed by atoms with Gasteiger partial charge in [0.2, 0.25) is 0 Å². The topological polar surface area (TPSA) is 79.4 Å². The molecule has 0 fully saturated rings. The number of hydrogen-bond donors (Lipinski definition) is 1. The summed E-state index contributed by atoms with van der Waals surface area (Å²) in [7, 11) is -3.99. The van der Waals surface area contributed by atoms with Gasteiger partial charge < -0.3 is 5.32 Å². The van der Waals surface area contributed by atoms with E-state index in [4.69, 9.17) is 34.8 Å². The Bertz CT molecular complexity index is 1190. The number of para-hydroxylation sites is 1. The molecule has 2 aromatic carbocycles. The number of pyridine rings is 1. The van der Waals surface area contributed by atoms with Gasteiger partial charge in [-0.25, -0.2) is 13.4 Å². The van der Waals surface area contributed by atoms with Gasteiger partial charge in [-0.2, -0.15) is 0 Å². The number of nitrogens with zero attached hydrogens (tertiary/aromatic N) is 2. The standard InChI is InChI=1S/C20H16Cl3N3O3S/c1-2-26(14-6-4-3-5-7-14)30(28,29)17-12-13(8-9-15(17)21)24-20(27)19-16(22)10-11-18(23)25-19/h3-12H,2H2,1H3,(H,24,27). The van der Waals surface area contributed by atoms with Gasteiger partial charge in [-0.3, -0.25) is 9.10 Å². The second-order valence-electron chi connectivity index (χ2n) is 6.07. The van der Waals surface area contributed by atoms with Crippen LogP contribution in [0.2, 0.25) is 15.2 Å². The lowest BCUT2D eigenvalue weighted by molar-refractivity contribution is 0.102. The van der Waals surface area contributed by atoms with Crippen LogP contribution in [-0.2, 0) is 10.0 Å². The predicted octanol–water partition coefficient (Wildman–Crippen LogP) is 5.51. The number of carbonyl (C=O) groups excluding carboxylic acids is 1. The fraction of sp³-hybridized carbons (Fsp3) is 0.100. The number of amides is 1. The summed E-state index contributed by atoms with van der Waals surface area (Å²) in [6, 6.07) is 15.7. The Morgan fingerprint density at radius 1 is 1.00 bits per heavy atom. The third kappa shape index (κ3) is 4.70. The van der Waals surface area contributed by atoms with Crippen LogP contribution in [-0.4, -0.2) is 25.9 Å². The Hall–Kier alpha value is -2.32. The molecule has 0 unspecified atom stereocenters. The largest absolute Gasteiger partial charge is 0.321 e. The van der Waals surface area contributed by atoms with E-state index in [2.05, 4.69) is 10.3 Å². The highest BCUT2D eigenvalue weighted by atomic mass is 35.5. The van der Waals surface area contributed by atoms with Crippen LogP contribution in [0.3, 0.4) is 0 Å². The van der Waals surface area contributed by atoms with Crippen molar-refractivity contribution < 1.29 is 13.2 Å². The van der Waals surface area contributed by atoms with Crippen LogP contribution in [0.5, 0.6) is 0 Å². The lowest BCUT2D eigenvalue weighted by Gasteiger charge is -2.23. The second kappa shape index (κ2) is 9.22. The normalized spacial score (nSPS) is 11.2. The smallest absolute Gasteiger partial charge is 0.275 e. The number of anilines is 2. The van der Waals surface area contributed by atoms with Crippen molar-refractivity contribution >= 4 is 62.1 Å². The number of halogens is 3. The van der Waals surface area contributed by atoms with E-state index in [1.54, 1.807) is 37.3 Å². The minimum atomic E-state index is -3.99. The SMILES string of the molecule is CCN(c1ccccc1)S(=O)(=O)c1cc(NC(=O)c2nc(Cl)ccc2Cl)ccc1Cl. The fourth-order valence-electron chi connectivity index (χ4n) is 2.75. The minimum absolute atomic E-state index is 0.0290. The number of rotatable bonds is 6. The van der Waals surface area contributed by atoms with Crippen molar-refractivity contribution in [2.24, 2.45) is 0 Å². The van der Waals surface area contributed by atoms with Crippen LogP contribution < -0.4 is 9.62 Å². The number of carbonyl (C=O) groups is 1. The molecule has 0 aliphatic carbocycles. The van der Waals surface area contributed by atoms with E-state index in [0.29, 0.717) is 5.69 Å². The van der Waals surface area contributed by atoms with E-state index in [1.807, 2.05) is 0 Å². The summed E-state index contributed by atoms with van der Waals surface area (Å²) < 4.78 is 27.8. The van der Waals surface area contributed by atoms with Crippen LogP contribution in [0.4, 0.5) is 11.4 Å². The highest BCUT2D eigenvalue weighted by Crippen LogP contribution is 2.31. The Kier molecular flexibility index (Phi) is 6.88. The molecule has 10 heteroatoms. The van der Waals surface area contributed by atoms with Gasteiger partial charge in [0.25, 0.3) is 15.9 Å². The lowest BCUT2D eigenvalue weighted by Crippen LogP contribution is -2.31. The van der Waals surface area contributed by atoms with Crippen molar-refractivity contribution in [1.82, 2.24) is 4.98 Å². The number of nitrogens with one attached hydrogen (secondary N) is 1. The average molecular weight is 485 g/mol. The molecule has 0 aliphatic rings. The van der Waals surface area contributed by atoms with E-state index in [9.17, 15) is 13.2 Å². The Morgan fingerprint density at radius 3 is 2.33 bits per heavy atom. The highest BCUT2D eigenvalue weighted by molar-refractivity contribution is 7.93. The van der Waals surface area contributed by atoms with Crippen LogP contribution in [0.1, 0.15) is 17.4 Å². The first-order valence-electron chi connectivity index (χ1n) is 8.74. The first-order chi connectivity index (χ1) is 14.2. The van der Waals surface area contributed by atoms with Gasteiger partial charge in [0, 0.05) is 12.2 Å². The first kappa shape index (κ1) is 22.4. The van der Waals surface area contributed by atoms with Gasteiger partial charge in [0.1, 0.15) is 15.7 Å². The van der Waals surface area contributed by atoms with Crippen LogP contribution in [0, 0.1) is 0 Å². The average Bonchev–Trinajstić information content (AvgIpc) is 2.72. The molecule has 3 aromatic rings. The van der Waals surface area contributed by atoms with Crippen molar-refractivity contribution in [3.8, 4) is 0 Å². The predicted molar refractivity (Wildman–Crippen MR) is 120 cm³/mol. The molecule has 0 spiro atoms. The summed E-state index contributed by atoms with van der Waals surface area (Å²) in [6.45, 7) is 1.91. The molecule has 3 rings (SSSR count). The monoisotopic (exact) mass is 483 g/mol. The number of sulfonamides is 1. The van der Waals surface area contributed by atoms with Gasteiger partial charge in [0.05, 0.1) is 15.7 Å². The molecule has 0 bridgehead atoms. The van der Waals surface area contributed by atoms with Crippen molar-refractivity contribution in [2.45, 2.75) is 11.8 Å². The molecule has 30 heavy (non-hydrogen) atoms. The third-order valence-electron chi connectivity index (χ3n) is 4.12. The minimum Gasteiger partial charge on any atom is -0.321 e. The molecule has 6 nitrogen and oxygen atoms in total. The van der Waals surface area contributed by atoms with E-state index in [0.717, 1.165) is 0 Å². The zero-order chi connectivity index (χ0) is 21.9. The maximum absolute atomic E-state index is 13.3. The summed E-state index contributed by atoms with van der Waals surface area (Å²) in [5.41, 5.74) is 0.633. The quantitative estimate of drug-likeness (QED) is 0.468. The van der Waals surface area contributed by atoms with Gasteiger partial charge in [-0.15, -0.1) is 0 Å². The van der Waals surface area contributed by atoms with Gasteiger partial charge in [0.15, 0.2) is 0 Å². The second-order valence-corrected chi connectivity index (χ2v) is 9.10. The molecule has 1 heterocycles. The van der Waals surface area contributed by atoms with Gasteiger partial charge in [-0.1, -0.05) is 53.0 Å². The molecule has 0 aliphatic heterocycles. The van der Waals surface area contributed by atoms with E-state index < -0.39 is 15.9 Å². The summed E-state index contributed by atoms with van der Waals surface area (Å²) >= 11 is 18.0. The molecule has 0 radical (unpaired) electrons. The zero-order valence-corrected chi connectivity index (χ0v) is 18.7. The number of aromatic nitrogens is 1. The Morgan fingerprint density at radius 2 is 1.67 bits per heavy atom. The molecule has 156 valence electrons. The molecule has 0 saturated heterocycles. The molecule has 0 atom stereocenters. The van der Waals surface area contributed by atoms with Crippen molar-refractivity contribution in [2.75, 3.05) is 16.2 Å². The van der Waals surface area contributed by atoms with Gasteiger partial charge in [-0.05, 0) is 49.4 Å². The molecule has 1 N–H and O–H groups in total. The highest BCUT2D eigenvalue weighted by Gasteiger charge is 2.27. The van der Waals surface area contributed by atoms with Crippen LogP contribution in [0.15, 0.2) is 65.6 Å². The van der Waals surface area contributed by atoms with Crippen molar-refractivity contribution in [3.63, 3.8) is 0 Å². The Balaban J connectivity index is 1.97. The number of benzene rings is 2. The summed E-state index contributed by atoms with van der Waals surface area (Å²) in [5.74, 6) is -0.636. The molecular weight excluding hydrogens is 469 g/mol. The lowest BCUT2D eigenvalue weighted by atomic mass is 10.3. The third-order valence-corrected chi connectivity index (χ3v) is 7.02. The van der Waals surface area contributed by atoms with E-state index in [1.165, 1.54) is 34.6 Å². The first-order valence-corrected chi connectivity index (χ1v) is 11.3. The Labute approximate surface area is 189 Å². The molecular formula is C20H16Cl3N3O3S. The van der Waals surface area contributed by atoms with Crippen LogP contribution >= 0.6 is 34.8 Å². The zero-order valence-electron chi connectivity index (χ0n) is 15.6. The molecule has 0 saturated carbocycles. The van der Waals surface area contributed by atoms with Crippen LogP contribution in [0.25, 0.3) is 0 Å². The van der Waals surface area contributed by atoms with Crippen molar-refractivity contribution in [1.29, 1.82) is 0 Å². The van der Waals surface area contributed by atoms with E-state index >= 15 is 0 Å². The molecule has 1 aromatic heterocycles. The fourth-order valence-corrected chi connectivity index (χ4v) is 5.07. The summed E-state index contributed by atoms with van der Waals surface area (Å²) in [4.78, 5) is 16.3. The van der Waals surface area contributed by atoms with Gasteiger partial charge >= 0.3 is 0 Å².